The molecule has 1 amide bonds. The number of aliphatic hydroxyl groups is 1. The van der Waals surface area contributed by atoms with Gasteiger partial charge in [0.1, 0.15) is 5.69 Å². The molecule has 2 atom stereocenters. The second kappa shape index (κ2) is 6.78. The molecule has 1 aliphatic heterocycles. The number of carboxylic acids is 1. The van der Waals surface area contributed by atoms with E-state index in [0.717, 1.165) is 36.9 Å². The van der Waals surface area contributed by atoms with Crippen molar-refractivity contribution in [3.8, 4) is 0 Å². The minimum absolute atomic E-state index is 0.0606. The fourth-order valence-electron chi connectivity index (χ4n) is 4.35. The number of nitrogens with zero attached hydrogens (tertiary/aromatic N) is 3. The molecule has 25 heavy (non-hydrogen) atoms. The molecular weight excluding hydrogens is 322 g/mol. The van der Waals surface area contributed by atoms with Gasteiger partial charge in [0, 0.05) is 25.7 Å². The summed E-state index contributed by atoms with van der Waals surface area (Å²) in [6.45, 7) is 2.32. The van der Waals surface area contributed by atoms with Gasteiger partial charge in [0.2, 0.25) is 0 Å². The summed E-state index contributed by atoms with van der Waals surface area (Å²) in [5, 5.41) is 24.7. The van der Waals surface area contributed by atoms with Gasteiger partial charge in [-0.3, -0.25) is 14.3 Å². The quantitative estimate of drug-likeness (QED) is 0.856. The molecule has 0 aromatic carbocycles. The van der Waals surface area contributed by atoms with Gasteiger partial charge in [0.05, 0.1) is 17.2 Å². The van der Waals surface area contributed by atoms with Crippen LogP contribution in [-0.4, -0.2) is 56.0 Å². The van der Waals surface area contributed by atoms with Crippen LogP contribution in [0.4, 0.5) is 0 Å². The Morgan fingerprint density at radius 2 is 2.04 bits per heavy atom. The van der Waals surface area contributed by atoms with Crippen molar-refractivity contribution in [3.63, 3.8) is 0 Å². The topological polar surface area (TPSA) is 95.7 Å². The molecule has 0 spiro atoms. The number of carbonyl (C=O) groups is 2. The van der Waals surface area contributed by atoms with Gasteiger partial charge in [-0.2, -0.15) is 5.10 Å². The lowest BCUT2D eigenvalue weighted by Crippen LogP contribution is -2.56. The lowest BCUT2D eigenvalue weighted by Gasteiger charge is -2.42. The van der Waals surface area contributed by atoms with Gasteiger partial charge in [-0.05, 0) is 38.5 Å². The summed E-state index contributed by atoms with van der Waals surface area (Å²) in [6.07, 6.45) is 4.25. The van der Waals surface area contributed by atoms with Crippen LogP contribution in [0.3, 0.4) is 0 Å². The van der Waals surface area contributed by atoms with Crippen LogP contribution in [0.2, 0.25) is 0 Å². The van der Waals surface area contributed by atoms with Crippen molar-refractivity contribution < 1.29 is 19.8 Å². The number of hydrogen-bond acceptors (Lipinski definition) is 4. The number of aliphatic carboxylic acids is 1. The third-order valence-corrected chi connectivity index (χ3v) is 5.79. The van der Waals surface area contributed by atoms with Crippen LogP contribution in [-0.2, 0) is 24.7 Å². The highest BCUT2D eigenvalue weighted by atomic mass is 16.4. The maximum absolute atomic E-state index is 13.0. The molecule has 138 valence electrons. The maximum atomic E-state index is 13.0. The Kier molecular flexibility index (Phi) is 4.86. The van der Waals surface area contributed by atoms with Crippen molar-refractivity contribution in [1.82, 2.24) is 14.7 Å². The van der Waals surface area contributed by atoms with Crippen molar-refractivity contribution in [2.45, 2.75) is 58.0 Å². The Morgan fingerprint density at radius 1 is 1.32 bits per heavy atom. The molecule has 1 saturated heterocycles. The van der Waals surface area contributed by atoms with Crippen molar-refractivity contribution >= 4 is 11.9 Å². The Hall–Kier alpha value is -1.89. The van der Waals surface area contributed by atoms with Gasteiger partial charge >= 0.3 is 5.97 Å². The standard InChI is InChI=1S/C18H27N3O4/c1-3-8-18(17(24)25)9-10-21(11-14(18)22)16(23)15-12-6-4-5-7-13(12)19-20(15)2/h14,22H,3-11H2,1-2H3,(H,24,25)/t14-,18-/m0/s1. The van der Waals surface area contributed by atoms with E-state index < -0.39 is 17.5 Å². The van der Waals surface area contributed by atoms with E-state index >= 15 is 0 Å². The second-order valence-electron chi connectivity index (χ2n) is 7.33. The van der Waals surface area contributed by atoms with Crippen LogP contribution < -0.4 is 0 Å². The van der Waals surface area contributed by atoms with E-state index in [1.54, 1.807) is 16.6 Å². The first-order valence-corrected chi connectivity index (χ1v) is 9.16. The smallest absolute Gasteiger partial charge is 0.312 e. The third kappa shape index (κ3) is 2.94. The molecule has 2 aliphatic rings. The number of hydrogen-bond donors (Lipinski definition) is 2. The first kappa shape index (κ1) is 17.9. The number of fused-ring (bicyclic) bond motifs is 1. The molecule has 0 radical (unpaired) electrons. The lowest BCUT2D eigenvalue weighted by atomic mass is 9.72. The molecule has 0 saturated carbocycles. The van der Waals surface area contributed by atoms with Gasteiger partial charge in [0.25, 0.3) is 5.91 Å². The van der Waals surface area contributed by atoms with E-state index in [1.165, 1.54) is 0 Å². The molecule has 7 nitrogen and oxygen atoms in total. The monoisotopic (exact) mass is 349 g/mol. The molecule has 1 aromatic heterocycles. The van der Waals surface area contributed by atoms with Gasteiger partial charge in [0.15, 0.2) is 0 Å². The number of aromatic nitrogens is 2. The summed E-state index contributed by atoms with van der Waals surface area (Å²) >= 11 is 0. The van der Waals surface area contributed by atoms with Gasteiger partial charge < -0.3 is 15.1 Å². The van der Waals surface area contributed by atoms with Crippen LogP contribution in [0.1, 0.15) is 60.8 Å². The van der Waals surface area contributed by atoms with Crippen molar-refractivity contribution in [2.75, 3.05) is 13.1 Å². The lowest BCUT2D eigenvalue weighted by molar-refractivity contribution is -0.162. The molecule has 1 aliphatic carbocycles. The van der Waals surface area contributed by atoms with Crippen molar-refractivity contribution in [1.29, 1.82) is 0 Å². The summed E-state index contributed by atoms with van der Waals surface area (Å²) in [6, 6.07) is 0. The molecular formula is C18H27N3O4. The normalized spacial score (nSPS) is 26.4. The summed E-state index contributed by atoms with van der Waals surface area (Å²) in [7, 11) is 1.78. The molecule has 1 fully saturated rings. The number of carboxylic acid groups (broad SMARTS) is 1. The molecule has 3 rings (SSSR count). The Labute approximate surface area is 147 Å². The average Bonchev–Trinajstić information content (AvgIpc) is 2.91. The Bertz CT molecular complexity index is 684. The maximum Gasteiger partial charge on any atom is 0.312 e. The van der Waals surface area contributed by atoms with E-state index in [2.05, 4.69) is 5.10 Å². The van der Waals surface area contributed by atoms with Crippen LogP contribution in [0.5, 0.6) is 0 Å². The summed E-state index contributed by atoms with van der Waals surface area (Å²) < 4.78 is 1.65. The van der Waals surface area contributed by atoms with Gasteiger partial charge in [-0.25, -0.2) is 0 Å². The highest BCUT2D eigenvalue weighted by Gasteiger charge is 2.49. The first-order chi connectivity index (χ1) is 11.9. The highest BCUT2D eigenvalue weighted by Crippen LogP contribution is 2.37. The Morgan fingerprint density at radius 3 is 2.68 bits per heavy atom. The predicted octanol–water partition coefficient (Wildman–Crippen LogP) is 1.38. The minimum Gasteiger partial charge on any atom is -0.481 e. The predicted molar refractivity (Wildman–Crippen MR) is 91.4 cm³/mol. The fourth-order valence-corrected chi connectivity index (χ4v) is 4.35. The van der Waals surface area contributed by atoms with Gasteiger partial charge in [-0.15, -0.1) is 0 Å². The number of aliphatic hydroxyl groups excluding tert-OH is 1. The van der Waals surface area contributed by atoms with Crippen molar-refractivity contribution in [3.05, 3.63) is 17.0 Å². The van der Waals surface area contributed by atoms with E-state index in [4.69, 9.17) is 0 Å². The number of rotatable bonds is 4. The van der Waals surface area contributed by atoms with E-state index in [1.807, 2.05) is 6.92 Å². The van der Waals surface area contributed by atoms with Crippen LogP contribution in [0, 0.1) is 5.41 Å². The first-order valence-electron chi connectivity index (χ1n) is 9.16. The van der Waals surface area contributed by atoms with E-state index in [0.29, 0.717) is 25.1 Å². The number of likely N-dealkylation sites (tertiary alicyclic amines) is 1. The average molecular weight is 349 g/mol. The summed E-state index contributed by atoms with van der Waals surface area (Å²) in [5.74, 6) is -1.11. The third-order valence-electron chi connectivity index (χ3n) is 5.79. The fraction of sp³-hybridized carbons (Fsp3) is 0.722. The zero-order valence-electron chi connectivity index (χ0n) is 15.0. The SMILES string of the molecule is CCC[C@]1(C(=O)O)CCN(C(=O)c2c3c(nn2C)CCCC3)C[C@@H]1O. The van der Waals surface area contributed by atoms with Crippen molar-refractivity contribution in [2.24, 2.45) is 12.5 Å². The van der Waals surface area contributed by atoms with Crippen LogP contribution in [0.25, 0.3) is 0 Å². The number of piperidine rings is 1. The molecule has 0 bridgehead atoms. The zero-order valence-corrected chi connectivity index (χ0v) is 15.0. The Balaban J connectivity index is 1.82. The minimum atomic E-state index is -1.14. The number of aryl methyl sites for hydroxylation is 2. The largest absolute Gasteiger partial charge is 0.481 e. The summed E-state index contributed by atoms with van der Waals surface area (Å²) in [4.78, 5) is 26.4. The molecule has 1 aromatic rings. The molecule has 0 unspecified atom stereocenters. The molecule has 2 heterocycles. The second-order valence-corrected chi connectivity index (χ2v) is 7.33. The summed E-state index contributed by atoms with van der Waals surface area (Å²) in [5.41, 5.74) is 1.48. The highest BCUT2D eigenvalue weighted by molar-refractivity contribution is 5.94. The van der Waals surface area contributed by atoms with Crippen LogP contribution in [0.15, 0.2) is 0 Å². The molecule has 7 heteroatoms. The van der Waals surface area contributed by atoms with Gasteiger partial charge in [-0.1, -0.05) is 13.3 Å². The van der Waals surface area contributed by atoms with E-state index in [9.17, 15) is 19.8 Å². The number of carbonyl (C=O) groups excluding carboxylic acids is 1. The van der Waals surface area contributed by atoms with Crippen LogP contribution >= 0.6 is 0 Å². The number of β-amino-alcohol motifs (C(OH)–C–C–N with tert-alkyl or cyclic N) is 1. The van der Waals surface area contributed by atoms with E-state index in [-0.39, 0.29) is 18.9 Å². The zero-order chi connectivity index (χ0) is 18.2. The molecule has 2 N–H and O–H groups in total. The number of amides is 1.